The Morgan fingerprint density at radius 1 is 1.48 bits per heavy atom. The molecule has 1 heterocycles. The smallest absolute Gasteiger partial charge is 0.125 e. The predicted molar refractivity (Wildman–Crippen MR) is 82.1 cm³/mol. The average Bonchev–Trinajstić information content (AvgIpc) is 2.85. The van der Waals surface area contributed by atoms with Gasteiger partial charge in [-0.3, -0.25) is 0 Å². The fourth-order valence-corrected chi connectivity index (χ4v) is 2.06. The van der Waals surface area contributed by atoms with Crippen LogP contribution < -0.4 is 10.1 Å². The molecule has 0 bridgehead atoms. The molecule has 0 saturated heterocycles. The van der Waals surface area contributed by atoms with E-state index in [0.29, 0.717) is 24.4 Å². The van der Waals surface area contributed by atoms with Crippen molar-refractivity contribution >= 4 is 11.4 Å². The molecule has 2 N–H and O–H groups in total. The van der Waals surface area contributed by atoms with Crippen LogP contribution >= 0.6 is 0 Å². The predicted octanol–water partition coefficient (Wildman–Crippen LogP) is 1.97. The van der Waals surface area contributed by atoms with Gasteiger partial charge in [0.05, 0.1) is 5.69 Å². The van der Waals surface area contributed by atoms with Crippen LogP contribution in [0.5, 0.6) is 5.75 Å². The maximum Gasteiger partial charge on any atom is 0.125 e. The zero-order valence-corrected chi connectivity index (χ0v) is 12.7. The minimum atomic E-state index is -0.585. The number of β-amino-alcohol motifs (C(OH)–C–C–N with tert-alkyl or cyclic N) is 1. The van der Waals surface area contributed by atoms with Gasteiger partial charge in [-0.15, -0.1) is 0 Å². The minimum absolute atomic E-state index is 0.0372. The number of nitrogens with one attached hydrogen (secondary N) is 1. The molecule has 112 valence electrons. The Morgan fingerprint density at radius 3 is 2.90 bits per heavy atom. The molecule has 1 aromatic rings. The van der Waals surface area contributed by atoms with Gasteiger partial charge >= 0.3 is 0 Å². The lowest BCUT2D eigenvalue weighted by molar-refractivity contribution is 0.0997. The number of rotatable bonds is 5. The number of benzene rings is 1. The Bertz CT molecular complexity index is 582. The lowest BCUT2D eigenvalue weighted by atomic mass is 10.1. The first-order chi connectivity index (χ1) is 9.89. The summed E-state index contributed by atoms with van der Waals surface area (Å²) in [7, 11) is 0. The number of fused-ring (bicyclic) bond motifs is 1. The van der Waals surface area contributed by atoms with Crippen molar-refractivity contribution in [2.45, 2.75) is 38.8 Å². The zero-order valence-electron chi connectivity index (χ0n) is 12.7. The quantitative estimate of drug-likeness (QED) is 0.868. The fourth-order valence-electron chi connectivity index (χ4n) is 2.06. The van der Waals surface area contributed by atoms with Gasteiger partial charge in [-0.2, -0.15) is 5.26 Å². The van der Waals surface area contributed by atoms with Gasteiger partial charge in [-0.1, -0.05) is 6.07 Å². The van der Waals surface area contributed by atoms with Crippen molar-refractivity contribution in [1.29, 1.82) is 5.26 Å². The van der Waals surface area contributed by atoms with Crippen LogP contribution in [-0.2, 0) is 6.42 Å². The summed E-state index contributed by atoms with van der Waals surface area (Å²) in [4.78, 5) is 4.23. The molecule has 0 saturated carbocycles. The molecule has 1 aliphatic heterocycles. The number of aliphatic hydroxyl groups is 1. The number of hydrogen-bond donors (Lipinski definition) is 2. The number of ether oxygens (including phenoxy) is 1. The molecule has 0 aromatic heterocycles. The molecule has 0 fully saturated rings. The van der Waals surface area contributed by atoms with Gasteiger partial charge in [0.15, 0.2) is 0 Å². The highest BCUT2D eigenvalue weighted by Crippen LogP contribution is 2.34. The van der Waals surface area contributed by atoms with Crippen LogP contribution in [0.2, 0.25) is 0 Å². The molecule has 21 heavy (non-hydrogen) atoms. The molecule has 0 amide bonds. The molecule has 1 atom stereocenters. The molecule has 0 spiro atoms. The van der Waals surface area contributed by atoms with E-state index in [4.69, 9.17) is 10.00 Å². The van der Waals surface area contributed by atoms with Crippen molar-refractivity contribution in [2.75, 3.05) is 13.2 Å². The number of aliphatic imine (C=N–C) groups is 1. The molecular formula is C16H21N3O2. The highest BCUT2D eigenvalue weighted by molar-refractivity contribution is 6.05. The first-order valence-corrected chi connectivity index (χ1v) is 7.04. The summed E-state index contributed by atoms with van der Waals surface area (Å²) in [6, 6.07) is 7.63. The number of nitriles is 1. The summed E-state index contributed by atoms with van der Waals surface area (Å²) >= 11 is 0. The largest absolute Gasteiger partial charge is 0.490 e. The maximum absolute atomic E-state index is 9.95. The Morgan fingerprint density at radius 2 is 2.24 bits per heavy atom. The normalized spacial score (nSPS) is 15.1. The van der Waals surface area contributed by atoms with Crippen LogP contribution in [0.15, 0.2) is 23.2 Å². The van der Waals surface area contributed by atoms with E-state index >= 15 is 0 Å². The van der Waals surface area contributed by atoms with Gasteiger partial charge in [-0.25, -0.2) is 4.99 Å². The molecule has 0 aliphatic carbocycles. The van der Waals surface area contributed by atoms with Gasteiger partial charge in [-0.05, 0) is 32.9 Å². The summed E-state index contributed by atoms with van der Waals surface area (Å²) in [5.41, 5.74) is 2.16. The van der Waals surface area contributed by atoms with Crippen molar-refractivity contribution in [3.8, 4) is 11.8 Å². The fraction of sp³-hybridized carbons (Fsp3) is 0.500. The lowest BCUT2D eigenvalue weighted by Crippen LogP contribution is -2.42. The standard InChI is InChI=1S/C16H21N3O2/c1-16(2,3)18-9-12(20)10-21-15-6-4-5-14-13(15)7-11(8-17)19-14/h4-6,12,18,20H,7,9-10H2,1-3H3/t12-/m0/s1. The molecular weight excluding hydrogens is 266 g/mol. The van der Waals surface area contributed by atoms with Gasteiger partial charge < -0.3 is 15.2 Å². The van der Waals surface area contributed by atoms with Crippen molar-refractivity contribution in [3.63, 3.8) is 0 Å². The van der Waals surface area contributed by atoms with E-state index in [1.807, 2.05) is 39.0 Å². The van der Waals surface area contributed by atoms with Gasteiger partial charge in [0, 0.05) is 24.1 Å². The van der Waals surface area contributed by atoms with Crippen LogP contribution in [0.1, 0.15) is 26.3 Å². The number of aliphatic hydroxyl groups excluding tert-OH is 1. The molecule has 1 aliphatic rings. The highest BCUT2D eigenvalue weighted by Gasteiger charge is 2.19. The summed E-state index contributed by atoms with van der Waals surface area (Å²) < 4.78 is 5.70. The molecule has 2 rings (SSSR count). The van der Waals surface area contributed by atoms with E-state index in [1.165, 1.54) is 0 Å². The minimum Gasteiger partial charge on any atom is -0.490 e. The third-order valence-electron chi connectivity index (χ3n) is 3.14. The van der Waals surface area contributed by atoms with E-state index in [0.717, 1.165) is 11.3 Å². The number of nitrogens with zero attached hydrogens (tertiary/aromatic N) is 2. The second-order valence-electron chi connectivity index (χ2n) is 6.20. The van der Waals surface area contributed by atoms with Gasteiger partial charge in [0.2, 0.25) is 0 Å². The van der Waals surface area contributed by atoms with E-state index in [-0.39, 0.29) is 12.1 Å². The Labute approximate surface area is 125 Å². The van der Waals surface area contributed by atoms with Crippen LogP contribution in [0, 0.1) is 11.3 Å². The van der Waals surface area contributed by atoms with Crippen molar-refractivity contribution in [1.82, 2.24) is 5.32 Å². The Balaban J connectivity index is 1.92. The summed E-state index contributed by atoms with van der Waals surface area (Å²) in [5.74, 6) is 0.691. The molecule has 0 radical (unpaired) electrons. The molecule has 0 unspecified atom stereocenters. The Hall–Kier alpha value is -1.90. The second kappa shape index (κ2) is 6.25. The van der Waals surface area contributed by atoms with Crippen LogP contribution in [0.25, 0.3) is 0 Å². The number of hydrogen-bond acceptors (Lipinski definition) is 5. The van der Waals surface area contributed by atoms with Crippen molar-refractivity contribution in [3.05, 3.63) is 23.8 Å². The van der Waals surface area contributed by atoms with Crippen molar-refractivity contribution in [2.24, 2.45) is 4.99 Å². The van der Waals surface area contributed by atoms with E-state index < -0.39 is 6.10 Å². The Kier molecular flexibility index (Phi) is 4.61. The van der Waals surface area contributed by atoms with Crippen molar-refractivity contribution < 1.29 is 9.84 Å². The third kappa shape index (κ3) is 4.28. The highest BCUT2D eigenvalue weighted by atomic mass is 16.5. The van der Waals surface area contributed by atoms with E-state index in [1.54, 1.807) is 0 Å². The first kappa shape index (κ1) is 15.5. The van der Waals surface area contributed by atoms with Crippen LogP contribution in [-0.4, -0.2) is 35.6 Å². The van der Waals surface area contributed by atoms with Crippen LogP contribution in [0.4, 0.5) is 5.69 Å². The van der Waals surface area contributed by atoms with Gasteiger partial charge in [0.25, 0.3) is 0 Å². The second-order valence-corrected chi connectivity index (χ2v) is 6.20. The summed E-state index contributed by atoms with van der Waals surface area (Å²) in [5, 5.41) is 22.1. The van der Waals surface area contributed by atoms with E-state index in [9.17, 15) is 5.11 Å². The lowest BCUT2D eigenvalue weighted by Gasteiger charge is -2.23. The summed E-state index contributed by atoms with van der Waals surface area (Å²) in [6.45, 7) is 6.82. The van der Waals surface area contributed by atoms with Crippen LogP contribution in [0.3, 0.4) is 0 Å². The maximum atomic E-state index is 9.95. The topological polar surface area (TPSA) is 77.6 Å². The first-order valence-electron chi connectivity index (χ1n) is 7.04. The average molecular weight is 287 g/mol. The summed E-state index contributed by atoms with van der Waals surface area (Å²) in [6.07, 6.45) is -0.0870. The third-order valence-corrected chi connectivity index (χ3v) is 3.14. The zero-order chi connectivity index (χ0) is 15.5. The monoisotopic (exact) mass is 287 g/mol. The SMILES string of the molecule is CC(C)(C)NC[C@H](O)COc1cccc2c1CC(C#N)=N2. The van der Waals surface area contributed by atoms with E-state index in [2.05, 4.69) is 16.4 Å². The molecule has 5 heteroatoms. The van der Waals surface area contributed by atoms with Gasteiger partial charge in [0.1, 0.15) is 30.2 Å². The molecule has 1 aromatic carbocycles. The molecule has 5 nitrogen and oxygen atoms in total.